The second-order valence-corrected chi connectivity index (χ2v) is 5.04. The molecule has 5 heteroatoms. The van der Waals surface area contributed by atoms with Crippen molar-refractivity contribution in [2.24, 2.45) is 0 Å². The van der Waals surface area contributed by atoms with Crippen LogP contribution in [0.3, 0.4) is 0 Å². The topological polar surface area (TPSA) is 61.8 Å². The summed E-state index contributed by atoms with van der Waals surface area (Å²) >= 11 is 0. The first-order valence-electron chi connectivity index (χ1n) is 7.05. The Morgan fingerprint density at radius 3 is 2.85 bits per heavy atom. The summed E-state index contributed by atoms with van der Waals surface area (Å²) in [4.78, 5) is 13.6. The molecule has 1 aromatic carbocycles. The number of benzene rings is 1. The summed E-state index contributed by atoms with van der Waals surface area (Å²) in [6.07, 6.45) is 0.993. The predicted molar refractivity (Wildman–Crippen MR) is 78.5 cm³/mol. The van der Waals surface area contributed by atoms with Gasteiger partial charge in [-0.2, -0.15) is 0 Å². The Bertz CT molecular complexity index is 456. The van der Waals surface area contributed by atoms with Crippen molar-refractivity contribution < 1.29 is 14.6 Å². The van der Waals surface area contributed by atoms with Gasteiger partial charge in [-0.25, -0.2) is 4.79 Å². The molecule has 0 unspecified atom stereocenters. The van der Waals surface area contributed by atoms with Gasteiger partial charge in [-0.15, -0.1) is 0 Å². The molecule has 20 heavy (non-hydrogen) atoms. The van der Waals surface area contributed by atoms with Crippen LogP contribution in [0.2, 0.25) is 0 Å². The number of carboxylic acid groups (broad SMARTS) is 1. The maximum Gasteiger partial charge on any atom is 0.337 e. The van der Waals surface area contributed by atoms with E-state index in [2.05, 4.69) is 10.2 Å². The molecule has 0 aliphatic carbocycles. The second-order valence-electron chi connectivity index (χ2n) is 5.04. The summed E-state index contributed by atoms with van der Waals surface area (Å²) in [5.74, 6) is -0.885. The summed E-state index contributed by atoms with van der Waals surface area (Å²) in [5.41, 5.74) is 2.05. The number of hydrogen-bond acceptors (Lipinski definition) is 4. The molecule has 0 saturated carbocycles. The molecule has 2 N–H and O–H groups in total. The smallest absolute Gasteiger partial charge is 0.337 e. The number of para-hydroxylation sites is 1. The molecule has 1 fully saturated rings. The molecule has 1 heterocycles. The van der Waals surface area contributed by atoms with Gasteiger partial charge in [-0.3, -0.25) is 4.90 Å². The van der Waals surface area contributed by atoms with Gasteiger partial charge in [0.2, 0.25) is 0 Å². The second kappa shape index (κ2) is 7.26. The van der Waals surface area contributed by atoms with Gasteiger partial charge >= 0.3 is 5.97 Å². The Hall–Kier alpha value is -1.59. The van der Waals surface area contributed by atoms with E-state index >= 15 is 0 Å². The van der Waals surface area contributed by atoms with Crippen LogP contribution in [0.4, 0.5) is 5.69 Å². The Morgan fingerprint density at radius 2 is 2.15 bits per heavy atom. The van der Waals surface area contributed by atoms with Crippen LogP contribution in [0.5, 0.6) is 0 Å². The molecule has 0 spiro atoms. The van der Waals surface area contributed by atoms with Crippen molar-refractivity contribution in [1.82, 2.24) is 4.90 Å². The predicted octanol–water partition coefficient (Wildman–Crippen LogP) is 1.83. The lowest BCUT2D eigenvalue weighted by atomic mass is 10.1. The van der Waals surface area contributed by atoms with Crippen LogP contribution >= 0.6 is 0 Å². The first-order chi connectivity index (χ1) is 9.68. The van der Waals surface area contributed by atoms with E-state index in [0.29, 0.717) is 5.56 Å². The van der Waals surface area contributed by atoms with Gasteiger partial charge in [0.15, 0.2) is 0 Å². The van der Waals surface area contributed by atoms with E-state index in [0.717, 1.165) is 57.1 Å². The van der Waals surface area contributed by atoms with Crippen molar-refractivity contribution in [3.63, 3.8) is 0 Å². The lowest BCUT2D eigenvalue weighted by Gasteiger charge is -2.26. The van der Waals surface area contributed by atoms with E-state index in [1.165, 1.54) is 0 Å². The highest BCUT2D eigenvalue weighted by atomic mass is 16.5. The third kappa shape index (κ3) is 3.95. The Morgan fingerprint density at radius 1 is 1.40 bits per heavy atom. The van der Waals surface area contributed by atoms with Crippen LogP contribution in [0.1, 0.15) is 22.3 Å². The Balaban J connectivity index is 1.83. The van der Waals surface area contributed by atoms with Gasteiger partial charge in [0.25, 0.3) is 0 Å². The van der Waals surface area contributed by atoms with E-state index in [-0.39, 0.29) is 0 Å². The number of carbonyl (C=O) groups is 1. The average molecular weight is 278 g/mol. The van der Waals surface area contributed by atoms with Crippen molar-refractivity contribution >= 4 is 11.7 Å². The number of carboxylic acids is 1. The minimum absolute atomic E-state index is 0.344. The summed E-state index contributed by atoms with van der Waals surface area (Å²) in [6.45, 7) is 7.34. The maximum absolute atomic E-state index is 11.2. The lowest BCUT2D eigenvalue weighted by Crippen LogP contribution is -2.37. The molecule has 2 rings (SSSR count). The SMILES string of the molecule is Cc1cccc(C(=O)O)c1NCCCN1CCOCC1. The zero-order valence-corrected chi connectivity index (χ0v) is 11.9. The molecule has 0 atom stereocenters. The number of nitrogens with one attached hydrogen (secondary N) is 1. The highest BCUT2D eigenvalue weighted by Gasteiger charge is 2.12. The molecular weight excluding hydrogens is 256 g/mol. The fraction of sp³-hybridized carbons (Fsp3) is 0.533. The van der Waals surface area contributed by atoms with Gasteiger partial charge in [-0.05, 0) is 31.5 Å². The van der Waals surface area contributed by atoms with Gasteiger partial charge in [0.05, 0.1) is 24.5 Å². The monoisotopic (exact) mass is 278 g/mol. The Labute approximate surface area is 119 Å². The quantitative estimate of drug-likeness (QED) is 0.777. The van der Waals surface area contributed by atoms with Crippen molar-refractivity contribution in [3.8, 4) is 0 Å². The minimum Gasteiger partial charge on any atom is -0.478 e. The van der Waals surface area contributed by atoms with Crippen LogP contribution < -0.4 is 5.32 Å². The van der Waals surface area contributed by atoms with Crippen LogP contribution in [-0.2, 0) is 4.74 Å². The Kier molecular flexibility index (Phi) is 5.38. The van der Waals surface area contributed by atoms with E-state index in [4.69, 9.17) is 4.74 Å². The molecule has 5 nitrogen and oxygen atoms in total. The summed E-state index contributed by atoms with van der Waals surface area (Å²) in [5, 5.41) is 12.5. The van der Waals surface area contributed by atoms with Gasteiger partial charge in [0, 0.05) is 19.6 Å². The highest BCUT2D eigenvalue weighted by Crippen LogP contribution is 2.20. The van der Waals surface area contributed by atoms with Crippen LogP contribution in [0.15, 0.2) is 18.2 Å². The number of hydrogen-bond donors (Lipinski definition) is 2. The van der Waals surface area contributed by atoms with E-state index in [1.807, 2.05) is 13.0 Å². The van der Waals surface area contributed by atoms with Gasteiger partial charge < -0.3 is 15.2 Å². The molecule has 1 aliphatic heterocycles. The first-order valence-corrected chi connectivity index (χ1v) is 7.05. The van der Waals surface area contributed by atoms with Crippen LogP contribution in [0, 0.1) is 6.92 Å². The number of rotatable bonds is 6. The van der Waals surface area contributed by atoms with E-state index in [1.54, 1.807) is 12.1 Å². The molecule has 1 aromatic rings. The molecule has 1 saturated heterocycles. The number of nitrogens with zero attached hydrogens (tertiary/aromatic N) is 1. The number of aromatic carboxylic acids is 1. The molecule has 110 valence electrons. The van der Waals surface area contributed by atoms with Crippen molar-refractivity contribution in [3.05, 3.63) is 29.3 Å². The summed E-state index contributed by atoms with van der Waals surface area (Å²) in [6, 6.07) is 5.34. The molecule has 0 aromatic heterocycles. The first kappa shape index (κ1) is 14.8. The summed E-state index contributed by atoms with van der Waals surface area (Å²) in [7, 11) is 0. The third-order valence-corrected chi connectivity index (χ3v) is 3.56. The number of aryl methyl sites for hydroxylation is 1. The van der Waals surface area contributed by atoms with Crippen molar-refractivity contribution in [1.29, 1.82) is 0 Å². The number of morpholine rings is 1. The van der Waals surface area contributed by atoms with Crippen molar-refractivity contribution in [2.45, 2.75) is 13.3 Å². The minimum atomic E-state index is -0.885. The van der Waals surface area contributed by atoms with Gasteiger partial charge in [-0.1, -0.05) is 12.1 Å². The fourth-order valence-electron chi connectivity index (χ4n) is 2.42. The third-order valence-electron chi connectivity index (χ3n) is 3.56. The van der Waals surface area contributed by atoms with Crippen molar-refractivity contribution in [2.75, 3.05) is 44.7 Å². The average Bonchev–Trinajstić information content (AvgIpc) is 2.45. The molecule has 0 radical (unpaired) electrons. The number of ether oxygens (including phenoxy) is 1. The van der Waals surface area contributed by atoms with E-state index in [9.17, 15) is 9.90 Å². The standard InChI is InChI=1S/C15H22N2O3/c1-12-4-2-5-13(15(18)19)14(12)16-6-3-7-17-8-10-20-11-9-17/h2,4-5,16H,3,6-11H2,1H3,(H,18,19). The fourth-order valence-corrected chi connectivity index (χ4v) is 2.42. The zero-order valence-electron chi connectivity index (χ0n) is 11.9. The van der Waals surface area contributed by atoms with Gasteiger partial charge in [0.1, 0.15) is 0 Å². The lowest BCUT2D eigenvalue weighted by molar-refractivity contribution is 0.0378. The van der Waals surface area contributed by atoms with E-state index < -0.39 is 5.97 Å². The molecule has 0 bridgehead atoms. The number of anilines is 1. The molecular formula is C15H22N2O3. The van der Waals surface area contributed by atoms with Crippen LogP contribution in [0.25, 0.3) is 0 Å². The summed E-state index contributed by atoms with van der Waals surface area (Å²) < 4.78 is 5.31. The zero-order chi connectivity index (χ0) is 14.4. The largest absolute Gasteiger partial charge is 0.478 e. The normalized spacial score (nSPS) is 16.1. The highest BCUT2D eigenvalue weighted by molar-refractivity contribution is 5.95. The molecule has 0 amide bonds. The maximum atomic E-state index is 11.2. The molecule has 1 aliphatic rings. The van der Waals surface area contributed by atoms with Crippen LogP contribution in [-0.4, -0.2) is 55.4 Å².